The van der Waals surface area contributed by atoms with Gasteiger partial charge in [-0.15, -0.1) is 0 Å². The van der Waals surface area contributed by atoms with Crippen molar-refractivity contribution in [1.29, 1.82) is 0 Å². The number of amides is 1. The standard InChI is InChI=1S/C24H22ClNO3S/c1-28-20-9-7-15(11-21(20)29-2)14-26-24(27)13-18-17-5-3-4-6-22(17)30-23-10-8-16(25)12-19(18)23/h3-12,18H,13-14H2,1-2H3,(H,26,27)/t18-/m0/s1. The van der Waals surface area contributed by atoms with Crippen LogP contribution in [0.1, 0.15) is 29.0 Å². The molecule has 0 aromatic heterocycles. The normalized spacial score (nSPS) is 14.4. The second-order valence-electron chi connectivity index (χ2n) is 7.04. The number of methoxy groups -OCH3 is 2. The van der Waals surface area contributed by atoms with Crippen molar-refractivity contribution in [2.75, 3.05) is 14.2 Å². The third-order valence-electron chi connectivity index (χ3n) is 5.19. The molecule has 30 heavy (non-hydrogen) atoms. The van der Waals surface area contributed by atoms with Gasteiger partial charge < -0.3 is 14.8 Å². The van der Waals surface area contributed by atoms with Crippen molar-refractivity contribution in [3.63, 3.8) is 0 Å². The summed E-state index contributed by atoms with van der Waals surface area (Å²) < 4.78 is 10.6. The summed E-state index contributed by atoms with van der Waals surface area (Å²) in [6, 6.07) is 19.8. The largest absolute Gasteiger partial charge is 0.493 e. The second-order valence-corrected chi connectivity index (χ2v) is 8.57. The molecule has 0 unspecified atom stereocenters. The van der Waals surface area contributed by atoms with Crippen molar-refractivity contribution in [2.45, 2.75) is 28.7 Å². The average molecular weight is 440 g/mol. The van der Waals surface area contributed by atoms with E-state index in [4.69, 9.17) is 21.1 Å². The molecule has 0 saturated carbocycles. The van der Waals surface area contributed by atoms with E-state index in [0.29, 0.717) is 29.5 Å². The SMILES string of the molecule is COc1ccc(CNC(=O)C[C@H]2c3ccccc3Sc3ccc(Cl)cc32)cc1OC. The number of rotatable bonds is 6. The zero-order valence-electron chi connectivity index (χ0n) is 16.8. The van der Waals surface area contributed by atoms with Crippen LogP contribution < -0.4 is 14.8 Å². The smallest absolute Gasteiger partial charge is 0.221 e. The lowest BCUT2D eigenvalue weighted by Gasteiger charge is -2.27. The summed E-state index contributed by atoms with van der Waals surface area (Å²) in [5.74, 6) is 1.27. The molecule has 1 aliphatic rings. The number of hydrogen-bond donors (Lipinski definition) is 1. The molecular weight excluding hydrogens is 418 g/mol. The number of carbonyl (C=O) groups excluding carboxylic acids is 1. The molecule has 3 aromatic carbocycles. The minimum absolute atomic E-state index is 0.0117. The Hall–Kier alpha value is -2.63. The van der Waals surface area contributed by atoms with Crippen molar-refractivity contribution in [3.05, 3.63) is 82.4 Å². The lowest BCUT2D eigenvalue weighted by atomic mass is 9.87. The molecular formula is C24H22ClNO3S. The lowest BCUT2D eigenvalue weighted by molar-refractivity contribution is -0.121. The number of carbonyl (C=O) groups is 1. The highest BCUT2D eigenvalue weighted by Crippen LogP contribution is 2.47. The zero-order valence-corrected chi connectivity index (χ0v) is 18.3. The quantitative estimate of drug-likeness (QED) is 0.538. The first-order chi connectivity index (χ1) is 14.6. The van der Waals surface area contributed by atoms with Gasteiger partial charge in [-0.1, -0.05) is 47.6 Å². The first-order valence-electron chi connectivity index (χ1n) is 9.63. The Morgan fingerprint density at radius 2 is 1.73 bits per heavy atom. The van der Waals surface area contributed by atoms with Gasteiger partial charge in [-0.3, -0.25) is 4.79 Å². The van der Waals surface area contributed by atoms with Crippen molar-refractivity contribution in [2.24, 2.45) is 0 Å². The van der Waals surface area contributed by atoms with Gasteiger partial charge in [0.1, 0.15) is 0 Å². The zero-order chi connectivity index (χ0) is 21.1. The molecule has 0 bridgehead atoms. The Labute approximate surface area is 185 Å². The maximum atomic E-state index is 12.9. The molecule has 0 aliphatic carbocycles. The van der Waals surface area contributed by atoms with Crippen LogP contribution in [0.4, 0.5) is 0 Å². The van der Waals surface area contributed by atoms with Crippen LogP contribution in [0.2, 0.25) is 5.02 Å². The van der Waals surface area contributed by atoms with E-state index < -0.39 is 0 Å². The van der Waals surface area contributed by atoms with E-state index in [1.165, 1.54) is 10.5 Å². The van der Waals surface area contributed by atoms with E-state index in [-0.39, 0.29) is 11.8 Å². The fraction of sp³-hybridized carbons (Fsp3) is 0.208. The van der Waals surface area contributed by atoms with Gasteiger partial charge in [0.05, 0.1) is 14.2 Å². The highest BCUT2D eigenvalue weighted by molar-refractivity contribution is 7.99. The highest BCUT2D eigenvalue weighted by atomic mass is 35.5. The average Bonchev–Trinajstić information content (AvgIpc) is 2.77. The minimum atomic E-state index is -0.0263. The monoisotopic (exact) mass is 439 g/mol. The molecule has 0 fully saturated rings. The predicted molar refractivity (Wildman–Crippen MR) is 120 cm³/mol. The van der Waals surface area contributed by atoms with Gasteiger partial charge >= 0.3 is 0 Å². The molecule has 0 radical (unpaired) electrons. The van der Waals surface area contributed by atoms with Crippen LogP contribution >= 0.6 is 23.4 Å². The summed E-state index contributed by atoms with van der Waals surface area (Å²) in [4.78, 5) is 15.2. The fourth-order valence-electron chi connectivity index (χ4n) is 3.70. The van der Waals surface area contributed by atoms with E-state index in [1.807, 2.05) is 48.5 Å². The molecule has 1 atom stereocenters. The van der Waals surface area contributed by atoms with Gasteiger partial charge in [-0.25, -0.2) is 0 Å². The number of ether oxygens (including phenoxy) is 2. The molecule has 4 rings (SSSR count). The van der Waals surface area contributed by atoms with Gasteiger partial charge in [-0.2, -0.15) is 0 Å². The van der Waals surface area contributed by atoms with Crippen LogP contribution in [-0.4, -0.2) is 20.1 Å². The first kappa shape index (κ1) is 20.6. The van der Waals surface area contributed by atoms with Gasteiger partial charge in [0, 0.05) is 33.7 Å². The maximum Gasteiger partial charge on any atom is 0.221 e. The summed E-state index contributed by atoms with van der Waals surface area (Å²) >= 11 is 7.99. The Morgan fingerprint density at radius 3 is 2.53 bits per heavy atom. The van der Waals surface area contributed by atoms with E-state index in [1.54, 1.807) is 26.0 Å². The number of halogens is 1. The van der Waals surface area contributed by atoms with Crippen LogP contribution in [0, 0.1) is 0 Å². The number of fused-ring (bicyclic) bond motifs is 2. The number of benzene rings is 3. The van der Waals surface area contributed by atoms with Crippen LogP contribution in [0.25, 0.3) is 0 Å². The summed E-state index contributed by atoms with van der Waals surface area (Å²) in [5.41, 5.74) is 3.22. The van der Waals surface area contributed by atoms with Crippen LogP contribution in [0.3, 0.4) is 0 Å². The van der Waals surface area contributed by atoms with E-state index in [9.17, 15) is 4.79 Å². The topological polar surface area (TPSA) is 47.6 Å². The van der Waals surface area contributed by atoms with E-state index in [2.05, 4.69) is 17.4 Å². The van der Waals surface area contributed by atoms with Crippen LogP contribution in [0.15, 0.2) is 70.5 Å². The minimum Gasteiger partial charge on any atom is -0.493 e. The molecule has 154 valence electrons. The van der Waals surface area contributed by atoms with Gasteiger partial charge in [0.2, 0.25) is 5.91 Å². The van der Waals surface area contributed by atoms with Gasteiger partial charge in [0.15, 0.2) is 11.5 Å². The molecule has 1 aliphatic heterocycles. The predicted octanol–water partition coefficient (Wildman–Crippen LogP) is 5.66. The Kier molecular flexibility index (Phi) is 6.21. The summed E-state index contributed by atoms with van der Waals surface area (Å²) in [6.45, 7) is 0.421. The second kappa shape index (κ2) is 9.02. The van der Waals surface area contributed by atoms with Crippen molar-refractivity contribution < 1.29 is 14.3 Å². The molecule has 3 aromatic rings. The Balaban J connectivity index is 1.52. The molecule has 4 nitrogen and oxygen atoms in total. The molecule has 1 heterocycles. The van der Waals surface area contributed by atoms with Gasteiger partial charge in [0.25, 0.3) is 0 Å². The third-order valence-corrected chi connectivity index (χ3v) is 6.61. The van der Waals surface area contributed by atoms with Crippen LogP contribution in [-0.2, 0) is 11.3 Å². The Morgan fingerprint density at radius 1 is 0.967 bits per heavy atom. The van der Waals surface area contributed by atoms with Crippen molar-refractivity contribution in [1.82, 2.24) is 5.32 Å². The molecule has 0 spiro atoms. The first-order valence-corrected chi connectivity index (χ1v) is 10.8. The third kappa shape index (κ3) is 4.27. The van der Waals surface area contributed by atoms with E-state index in [0.717, 1.165) is 16.0 Å². The number of nitrogens with one attached hydrogen (secondary N) is 1. The maximum absolute atomic E-state index is 12.9. The van der Waals surface area contributed by atoms with Crippen molar-refractivity contribution >= 4 is 29.3 Å². The summed E-state index contributed by atoms with van der Waals surface area (Å²) in [5, 5.41) is 3.72. The summed E-state index contributed by atoms with van der Waals surface area (Å²) in [6.07, 6.45) is 0.359. The number of hydrogen-bond acceptors (Lipinski definition) is 4. The van der Waals surface area contributed by atoms with Crippen LogP contribution in [0.5, 0.6) is 11.5 Å². The van der Waals surface area contributed by atoms with E-state index >= 15 is 0 Å². The van der Waals surface area contributed by atoms with Crippen molar-refractivity contribution in [3.8, 4) is 11.5 Å². The lowest BCUT2D eigenvalue weighted by Crippen LogP contribution is -2.25. The Bertz CT molecular complexity index is 1090. The molecule has 1 amide bonds. The fourth-order valence-corrected chi connectivity index (χ4v) is 5.05. The summed E-state index contributed by atoms with van der Waals surface area (Å²) in [7, 11) is 3.20. The molecule has 6 heteroatoms. The molecule has 0 saturated heterocycles. The molecule has 1 N–H and O–H groups in total. The van der Waals surface area contributed by atoms with Gasteiger partial charge in [-0.05, 0) is 53.1 Å². The highest BCUT2D eigenvalue weighted by Gasteiger charge is 2.28.